The second-order valence-electron chi connectivity index (χ2n) is 3.15. The van der Waals surface area contributed by atoms with E-state index in [-0.39, 0.29) is 18.4 Å². The molecule has 0 bridgehead atoms. The molecule has 0 fully saturated rings. The number of aromatic nitrogens is 1. The molecule has 90 valence electrons. The lowest BCUT2D eigenvalue weighted by Gasteiger charge is -2.12. The highest BCUT2D eigenvalue weighted by Gasteiger charge is 2.31. The van der Waals surface area contributed by atoms with Crippen LogP contribution in [0.15, 0.2) is 18.3 Å². The third-order valence-electron chi connectivity index (χ3n) is 1.64. The van der Waals surface area contributed by atoms with Gasteiger partial charge in [0.15, 0.2) is 0 Å². The summed E-state index contributed by atoms with van der Waals surface area (Å²) in [5.74, 6) is -0.00854. The smallest absolute Gasteiger partial charge is 0.404 e. The van der Waals surface area contributed by atoms with Crippen LogP contribution >= 0.6 is 0 Å². The van der Waals surface area contributed by atoms with Gasteiger partial charge in [-0.05, 0) is 19.1 Å². The number of rotatable bonds is 4. The molecule has 0 aliphatic carbocycles. The maximum atomic E-state index is 11.8. The second-order valence-corrected chi connectivity index (χ2v) is 3.15. The van der Waals surface area contributed by atoms with Crippen LogP contribution in [0.25, 0.3) is 0 Å². The zero-order chi connectivity index (χ0) is 12.2. The third kappa shape index (κ3) is 4.35. The third-order valence-corrected chi connectivity index (χ3v) is 1.64. The Morgan fingerprint density at radius 3 is 2.62 bits per heavy atom. The molecule has 0 unspecified atom stereocenters. The molecule has 0 saturated carbocycles. The van der Waals surface area contributed by atoms with Crippen LogP contribution in [0.4, 0.5) is 19.0 Å². The van der Waals surface area contributed by atoms with Crippen molar-refractivity contribution in [3.8, 4) is 5.75 Å². The number of hydrogen-bond donors (Lipinski definition) is 2. The van der Waals surface area contributed by atoms with Crippen molar-refractivity contribution in [1.82, 2.24) is 4.98 Å². The van der Waals surface area contributed by atoms with E-state index in [2.05, 4.69) is 15.0 Å². The molecule has 1 aromatic rings. The minimum atomic E-state index is -4.71. The molecule has 0 spiro atoms. The van der Waals surface area contributed by atoms with E-state index in [1.54, 1.807) is 6.92 Å². The van der Waals surface area contributed by atoms with E-state index in [1.807, 2.05) is 0 Å². The van der Waals surface area contributed by atoms with Crippen LogP contribution in [0.3, 0.4) is 0 Å². The van der Waals surface area contributed by atoms with Gasteiger partial charge in [-0.2, -0.15) is 0 Å². The van der Waals surface area contributed by atoms with E-state index >= 15 is 0 Å². The van der Waals surface area contributed by atoms with Gasteiger partial charge < -0.3 is 15.2 Å². The maximum absolute atomic E-state index is 11.8. The predicted molar refractivity (Wildman–Crippen MR) is 51.1 cm³/mol. The van der Waals surface area contributed by atoms with E-state index < -0.39 is 6.36 Å². The fourth-order valence-electron chi connectivity index (χ4n) is 0.958. The normalized spacial score (nSPS) is 13.3. The molecule has 0 radical (unpaired) electrons. The number of ether oxygens (including phenoxy) is 1. The van der Waals surface area contributed by atoms with Gasteiger partial charge in [-0.15, -0.1) is 13.2 Å². The number of pyridine rings is 1. The first-order chi connectivity index (χ1) is 7.40. The Bertz CT molecular complexity index is 327. The number of aliphatic hydroxyl groups excluding tert-OH is 1. The van der Waals surface area contributed by atoms with Crippen LogP contribution in [0.2, 0.25) is 0 Å². The van der Waals surface area contributed by atoms with E-state index in [0.717, 1.165) is 12.3 Å². The molecule has 1 atom stereocenters. The lowest BCUT2D eigenvalue weighted by molar-refractivity contribution is -0.274. The monoisotopic (exact) mass is 236 g/mol. The number of alkyl halides is 3. The summed E-state index contributed by atoms with van der Waals surface area (Å²) in [4.78, 5) is 3.70. The molecule has 16 heavy (non-hydrogen) atoms. The maximum Gasteiger partial charge on any atom is 0.573 e. The van der Waals surface area contributed by atoms with Crippen molar-refractivity contribution in [3.63, 3.8) is 0 Å². The summed E-state index contributed by atoms with van der Waals surface area (Å²) in [6, 6.07) is 2.27. The molecule has 0 aromatic carbocycles. The highest BCUT2D eigenvalue weighted by atomic mass is 19.4. The minimum Gasteiger partial charge on any atom is -0.404 e. The number of nitrogens with one attached hydrogen (secondary N) is 1. The second kappa shape index (κ2) is 5.02. The Labute approximate surface area is 90.1 Å². The lowest BCUT2D eigenvalue weighted by Crippen LogP contribution is -2.20. The number of hydrogen-bond acceptors (Lipinski definition) is 4. The van der Waals surface area contributed by atoms with Crippen molar-refractivity contribution in [2.75, 3.05) is 11.9 Å². The highest BCUT2D eigenvalue weighted by Crippen LogP contribution is 2.22. The van der Waals surface area contributed by atoms with Crippen molar-refractivity contribution in [1.29, 1.82) is 0 Å². The first kappa shape index (κ1) is 12.6. The SMILES string of the molecule is C[C@@H](CO)Nc1ccc(OC(F)(F)F)cn1. The Hall–Kier alpha value is -1.50. The molecule has 2 N–H and O–H groups in total. The van der Waals surface area contributed by atoms with Crippen LogP contribution in [0, 0.1) is 0 Å². The number of anilines is 1. The molecule has 0 aliphatic rings. The molecule has 4 nitrogen and oxygen atoms in total. The first-order valence-electron chi connectivity index (χ1n) is 4.50. The average Bonchev–Trinajstić information content (AvgIpc) is 2.18. The summed E-state index contributed by atoms with van der Waals surface area (Å²) >= 11 is 0. The summed E-state index contributed by atoms with van der Waals surface area (Å²) in [7, 11) is 0. The molecule has 1 heterocycles. The molecule has 1 aromatic heterocycles. The quantitative estimate of drug-likeness (QED) is 0.836. The zero-order valence-corrected chi connectivity index (χ0v) is 8.45. The van der Waals surface area contributed by atoms with Crippen LogP contribution in [-0.2, 0) is 0 Å². The Balaban J connectivity index is 2.61. The van der Waals surface area contributed by atoms with Crippen LogP contribution in [-0.4, -0.2) is 29.1 Å². The molecular weight excluding hydrogens is 225 g/mol. The zero-order valence-electron chi connectivity index (χ0n) is 8.45. The summed E-state index contributed by atoms with van der Waals surface area (Å²) in [6.45, 7) is 1.62. The summed E-state index contributed by atoms with van der Waals surface area (Å²) in [6.07, 6.45) is -3.76. The van der Waals surface area contributed by atoms with E-state index in [4.69, 9.17) is 5.11 Å². The fourth-order valence-corrected chi connectivity index (χ4v) is 0.958. The van der Waals surface area contributed by atoms with Gasteiger partial charge in [0.1, 0.15) is 11.6 Å². The van der Waals surface area contributed by atoms with Gasteiger partial charge in [-0.1, -0.05) is 0 Å². The van der Waals surface area contributed by atoms with Crippen molar-refractivity contribution in [2.45, 2.75) is 19.3 Å². The van der Waals surface area contributed by atoms with Gasteiger partial charge in [0.05, 0.1) is 12.8 Å². The number of nitrogens with zero attached hydrogens (tertiary/aromatic N) is 1. The molecule has 0 saturated heterocycles. The summed E-state index contributed by atoms with van der Waals surface area (Å²) in [5.41, 5.74) is 0. The first-order valence-corrected chi connectivity index (χ1v) is 4.50. The van der Waals surface area contributed by atoms with Crippen molar-refractivity contribution >= 4 is 5.82 Å². The Kier molecular flexibility index (Phi) is 3.94. The van der Waals surface area contributed by atoms with Gasteiger partial charge in [-0.25, -0.2) is 4.98 Å². The van der Waals surface area contributed by atoms with E-state index in [1.165, 1.54) is 6.07 Å². The van der Waals surface area contributed by atoms with E-state index in [9.17, 15) is 13.2 Å². The van der Waals surface area contributed by atoms with Crippen molar-refractivity contribution < 1.29 is 23.0 Å². The highest BCUT2D eigenvalue weighted by molar-refractivity contribution is 5.38. The largest absolute Gasteiger partial charge is 0.573 e. The van der Waals surface area contributed by atoms with Gasteiger partial charge in [0.25, 0.3) is 0 Å². The molecule has 0 amide bonds. The Morgan fingerprint density at radius 2 is 2.19 bits per heavy atom. The van der Waals surface area contributed by atoms with Gasteiger partial charge in [0, 0.05) is 6.04 Å². The standard InChI is InChI=1S/C9H11F3N2O2/c1-6(5-15)14-8-3-2-7(4-13-8)16-9(10,11)12/h2-4,6,15H,5H2,1H3,(H,13,14)/t6-/m0/s1. The molecule has 0 aliphatic heterocycles. The molecule has 1 rings (SSSR count). The summed E-state index contributed by atoms with van der Waals surface area (Å²) < 4.78 is 39.1. The summed E-state index contributed by atoms with van der Waals surface area (Å²) in [5, 5.41) is 11.5. The van der Waals surface area contributed by atoms with Crippen LogP contribution < -0.4 is 10.1 Å². The average molecular weight is 236 g/mol. The minimum absolute atomic E-state index is 0.0948. The lowest BCUT2D eigenvalue weighted by atomic mass is 10.3. The van der Waals surface area contributed by atoms with Gasteiger partial charge in [0.2, 0.25) is 0 Å². The Morgan fingerprint density at radius 1 is 1.50 bits per heavy atom. The van der Waals surface area contributed by atoms with Gasteiger partial charge >= 0.3 is 6.36 Å². The molecule has 7 heteroatoms. The van der Waals surface area contributed by atoms with Gasteiger partial charge in [-0.3, -0.25) is 0 Å². The number of aliphatic hydroxyl groups is 1. The molecular formula is C9H11F3N2O2. The number of halogens is 3. The van der Waals surface area contributed by atoms with Crippen molar-refractivity contribution in [3.05, 3.63) is 18.3 Å². The van der Waals surface area contributed by atoms with Crippen LogP contribution in [0.5, 0.6) is 5.75 Å². The van der Waals surface area contributed by atoms with Crippen LogP contribution in [0.1, 0.15) is 6.92 Å². The fraction of sp³-hybridized carbons (Fsp3) is 0.444. The topological polar surface area (TPSA) is 54.4 Å². The van der Waals surface area contributed by atoms with Crippen molar-refractivity contribution in [2.24, 2.45) is 0 Å². The predicted octanol–water partition coefficient (Wildman–Crippen LogP) is 1.77. The van der Waals surface area contributed by atoms with E-state index in [0.29, 0.717) is 5.82 Å².